The smallest absolute Gasteiger partial charge is 0.187 e. The highest BCUT2D eigenvalue weighted by Gasteiger charge is 2.07. The molecule has 0 unspecified atom stereocenters. The predicted octanol–water partition coefficient (Wildman–Crippen LogP) is 3.47. The summed E-state index contributed by atoms with van der Waals surface area (Å²) in [6.45, 7) is 6.04. The molecule has 0 rings (SSSR count). The monoisotopic (exact) mass is 260 g/mol. The molecule has 4 heteroatoms. The molecule has 0 amide bonds. The molecular formula is C14H28O4. The summed E-state index contributed by atoms with van der Waals surface area (Å²) in [5, 5.41) is 0. The van der Waals surface area contributed by atoms with Crippen LogP contribution in [0.25, 0.3) is 0 Å². The average Bonchev–Trinajstić information content (AvgIpc) is 2.40. The second kappa shape index (κ2) is 14.5. The van der Waals surface area contributed by atoms with Crippen LogP contribution >= 0.6 is 0 Å². The van der Waals surface area contributed by atoms with Crippen LogP contribution in [0, 0.1) is 0 Å². The molecule has 0 aromatic heterocycles. The molecule has 0 N–H and O–H groups in total. The summed E-state index contributed by atoms with van der Waals surface area (Å²) in [5.41, 5.74) is 0. The average molecular weight is 260 g/mol. The Kier molecular flexibility index (Phi) is 14.0. The third-order valence-corrected chi connectivity index (χ3v) is 2.20. The standard InChI is InChI=1S/C14H28O4/c1-4-10-17-14(18-11-5-2)9-7-6-8-12-16-13-15-3/h8,12,14H,4-7,9-11,13H2,1-3H3. The van der Waals surface area contributed by atoms with Gasteiger partial charge in [-0.25, -0.2) is 0 Å². The van der Waals surface area contributed by atoms with Crippen molar-refractivity contribution in [2.24, 2.45) is 0 Å². The minimum Gasteiger partial charge on any atom is -0.476 e. The summed E-state index contributed by atoms with van der Waals surface area (Å²) in [6.07, 6.45) is 8.59. The van der Waals surface area contributed by atoms with Gasteiger partial charge in [0.05, 0.1) is 6.26 Å². The van der Waals surface area contributed by atoms with E-state index < -0.39 is 0 Å². The molecule has 0 saturated heterocycles. The summed E-state index contributed by atoms with van der Waals surface area (Å²) in [5.74, 6) is 0. The maximum Gasteiger partial charge on any atom is 0.187 e. The van der Waals surface area contributed by atoms with Crippen molar-refractivity contribution < 1.29 is 18.9 Å². The maximum atomic E-state index is 5.64. The van der Waals surface area contributed by atoms with E-state index in [1.54, 1.807) is 13.4 Å². The summed E-state index contributed by atoms with van der Waals surface area (Å²) in [6, 6.07) is 0. The van der Waals surface area contributed by atoms with Gasteiger partial charge in [0.2, 0.25) is 0 Å². The van der Waals surface area contributed by atoms with Crippen molar-refractivity contribution in [2.45, 2.75) is 52.2 Å². The second-order valence-electron chi connectivity index (χ2n) is 4.05. The van der Waals surface area contributed by atoms with Crippen LogP contribution < -0.4 is 0 Å². The quantitative estimate of drug-likeness (QED) is 0.289. The first kappa shape index (κ1) is 17.4. The fourth-order valence-electron chi connectivity index (χ4n) is 1.36. The van der Waals surface area contributed by atoms with E-state index in [0.717, 1.165) is 45.3 Å². The first-order chi connectivity index (χ1) is 8.85. The molecule has 4 nitrogen and oxygen atoms in total. The molecule has 0 aliphatic rings. The summed E-state index contributed by atoms with van der Waals surface area (Å²) in [7, 11) is 1.61. The Morgan fingerprint density at radius 3 is 2.28 bits per heavy atom. The molecule has 0 heterocycles. The van der Waals surface area contributed by atoms with E-state index in [2.05, 4.69) is 13.8 Å². The molecular weight excluding hydrogens is 232 g/mol. The SMILES string of the molecule is CCCOC(CCCC=COCOC)OCCC. The van der Waals surface area contributed by atoms with E-state index in [9.17, 15) is 0 Å². The van der Waals surface area contributed by atoms with E-state index in [0.29, 0.717) is 6.79 Å². The van der Waals surface area contributed by atoms with Crippen LogP contribution in [0.1, 0.15) is 46.0 Å². The Hall–Kier alpha value is -0.580. The lowest BCUT2D eigenvalue weighted by atomic mass is 10.2. The van der Waals surface area contributed by atoms with Gasteiger partial charge in [0.1, 0.15) is 0 Å². The van der Waals surface area contributed by atoms with Gasteiger partial charge in [-0.15, -0.1) is 0 Å². The highest BCUT2D eigenvalue weighted by Crippen LogP contribution is 2.08. The van der Waals surface area contributed by atoms with Crippen LogP contribution in [0.5, 0.6) is 0 Å². The van der Waals surface area contributed by atoms with Crippen LogP contribution in [0.3, 0.4) is 0 Å². The summed E-state index contributed by atoms with van der Waals surface area (Å²) >= 11 is 0. The van der Waals surface area contributed by atoms with Crippen molar-refractivity contribution in [1.29, 1.82) is 0 Å². The molecule has 0 aliphatic heterocycles. The predicted molar refractivity (Wildman–Crippen MR) is 72.2 cm³/mol. The number of methoxy groups -OCH3 is 1. The van der Waals surface area contributed by atoms with E-state index in [1.165, 1.54) is 0 Å². The molecule has 0 atom stereocenters. The minimum atomic E-state index is -0.0572. The molecule has 0 radical (unpaired) electrons. The van der Waals surface area contributed by atoms with Crippen molar-refractivity contribution >= 4 is 0 Å². The van der Waals surface area contributed by atoms with Crippen LogP contribution in [-0.2, 0) is 18.9 Å². The van der Waals surface area contributed by atoms with Crippen molar-refractivity contribution in [3.05, 3.63) is 12.3 Å². The lowest BCUT2D eigenvalue weighted by Crippen LogP contribution is -2.18. The third-order valence-electron chi connectivity index (χ3n) is 2.20. The molecule has 18 heavy (non-hydrogen) atoms. The lowest BCUT2D eigenvalue weighted by Gasteiger charge is -2.17. The zero-order valence-electron chi connectivity index (χ0n) is 12.0. The fourth-order valence-corrected chi connectivity index (χ4v) is 1.36. The van der Waals surface area contributed by atoms with E-state index in [-0.39, 0.29) is 6.29 Å². The largest absolute Gasteiger partial charge is 0.476 e. The Morgan fingerprint density at radius 1 is 1.06 bits per heavy atom. The fraction of sp³-hybridized carbons (Fsp3) is 0.857. The molecule has 108 valence electrons. The van der Waals surface area contributed by atoms with E-state index >= 15 is 0 Å². The Balaban J connectivity index is 3.57. The van der Waals surface area contributed by atoms with E-state index in [4.69, 9.17) is 18.9 Å². The van der Waals surface area contributed by atoms with Crippen LogP contribution in [0.2, 0.25) is 0 Å². The van der Waals surface area contributed by atoms with E-state index in [1.807, 2.05) is 6.08 Å². The molecule has 0 aliphatic carbocycles. The van der Waals surface area contributed by atoms with Gasteiger partial charge in [0.15, 0.2) is 13.1 Å². The van der Waals surface area contributed by atoms with Crippen molar-refractivity contribution in [3.8, 4) is 0 Å². The van der Waals surface area contributed by atoms with Gasteiger partial charge < -0.3 is 18.9 Å². The molecule has 0 spiro atoms. The van der Waals surface area contributed by atoms with Crippen LogP contribution in [0.4, 0.5) is 0 Å². The topological polar surface area (TPSA) is 36.9 Å². The number of ether oxygens (including phenoxy) is 4. The first-order valence-corrected chi connectivity index (χ1v) is 6.83. The summed E-state index contributed by atoms with van der Waals surface area (Å²) in [4.78, 5) is 0. The zero-order chi connectivity index (χ0) is 13.5. The molecule has 0 fully saturated rings. The Bertz CT molecular complexity index is 175. The zero-order valence-corrected chi connectivity index (χ0v) is 12.0. The molecule has 0 aromatic rings. The van der Waals surface area contributed by atoms with Gasteiger partial charge in [-0.1, -0.05) is 13.8 Å². The van der Waals surface area contributed by atoms with Gasteiger partial charge in [-0.05, 0) is 38.2 Å². The number of rotatable bonds is 13. The summed E-state index contributed by atoms with van der Waals surface area (Å²) < 4.78 is 21.1. The molecule has 0 aromatic carbocycles. The molecule has 0 saturated carbocycles. The lowest BCUT2D eigenvalue weighted by molar-refractivity contribution is -0.146. The third kappa shape index (κ3) is 11.9. The van der Waals surface area contributed by atoms with Gasteiger partial charge in [0.25, 0.3) is 0 Å². The molecule has 0 bridgehead atoms. The number of hydrogen-bond donors (Lipinski definition) is 0. The normalized spacial score (nSPS) is 11.6. The second-order valence-corrected chi connectivity index (χ2v) is 4.05. The highest BCUT2D eigenvalue weighted by atomic mass is 16.7. The highest BCUT2D eigenvalue weighted by molar-refractivity contribution is 4.73. The number of allylic oxidation sites excluding steroid dienone is 1. The van der Waals surface area contributed by atoms with Crippen LogP contribution in [0.15, 0.2) is 12.3 Å². The van der Waals surface area contributed by atoms with Crippen molar-refractivity contribution in [1.82, 2.24) is 0 Å². The first-order valence-electron chi connectivity index (χ1n) is 6.83. The number of hydrogen-bond acceptors (Lipinski definition) is 4. The van der Waals surface area contributed by atoms with Gasteiger partial charge in [-0.3, -0.25) is 0 Å². The van der Waals surface area contributed by atoms with Crippen molar-refractivity contribution in [3.63, 3.8) is 0 Å². The van der Waals surface area contributed by atoms with Crippen LogP contribution in [-0.4, -0.2) is 33.4 Å². The van der Waals surface area contributed by atoms with Gasteiger partial charge in [-0.2, -0.15) is 0 Å². The van der Waals surface area contributed by atoms with Crippen molar-refractivity contribution in [2.75, 3.05) is 27.1 Å². The maximum absolute atomic E-state index is 5.64. The Morgan fingerprint density at radius 2 is 1.72 bits per heavy atom. The van der Waals surface area contributed by atoms with Gasteiger partial charge in [0, 0.05) is 20.3 Å². The van der Waals surface area contributed by atoms with Gasteiger partial charge >= 0.3 is 0 Å². The number of unbranched alkanes of at least 4 members (excludes halogenated alkanes) is 1. The minimum absolute atomic E-state index is 0.0572. The Labute approximate surface area is 111 Å².